The summed E-state index contributed by atoms with van der Waals surface area (Å²) in [5.74, 6) is -0.933. The predicted molar refractivity (Wildman–Crippen MR) is 57.1 cm³/mol. The highest BCUT2D eigenvalue weighted by atomic mass is 31.1. The molecule has 1 aromatic rings. The van der Waals surface area contributed by atoms with Crippen LogP contribution >= 0.6 is 8.25 Å². The Morgan fingerprint density at radius 3 is 3.06 bits per heavy atom. The average Bonchev–Trinajstić information content (AvgIpc) is 2.71. The summed E-state index contributed by atoms with van der Waals surface area (Å²) in [6.07, 6.45) is 0.618. The molecule has 0 saturated heterocycles. The van der Waals surface area contributed by atoms with Crippen molar-refractivity contribution in [2.24, 2.45) is 0 Å². The molecule has 17 heavy (non-hydrogen) atoms. The van der Waals surface area contributed by atoms with E-state index in [9.17, 15) is 13.8 Å². The fourth-order valence-electron chi connectivity index (χ4n) is 1.62. The molecule has 1 unspecified atom stereocenters. The fraction of sp³-hybridized carbons (Fsp3) is 0.300. The number of hydrogen-bond acceptors (Lipinski definition) is 4. The normalized spacial score (nSPS) is 15.2. The van der Waals surface area contributed by atoms with E-state index < -0.39 is 26.5 Å². The zero-order valence-corrected chi connectivity index (χ0v) is 9.73. The smallest absolute Gasteiger partial charge is 0.317 e. The summed E-state index contributed by atoms with van der Waals surface area (Å²) in [5, 5.41) is 0. The van der Waals surface area contributed by atoms with Crippen molar-refractivity contribution in [3.8, 4) is 5.75 Å². The van der Waals surface area contributed by atoms with Crippen molar-refractivity contribution < 1.29 is 27.9 Å². The van der Waals surface area contributed by atoms with Crippen molar-refractivity contribution in [1.29, 1.82) is 0 Å². The van der Waals surface area contributed by atoms with Gasteiger partial charge in [0.15, 0.2) is 5.78 Å². The Hall–Kier alpha value is -1.23. The molecule has 1 aliphatic heterocycles. The predicted octanol–water partition coefficient (Wildman–Crippen LogP) is 1.34. The highest BCUT2D eigenvalue weighted by molar-refractivity contribution is 7.32. The SMILES string of the molecule is O=C(CO[PH](=O)O)c1cc2c(cc1F)OCC2. The minimum Gasteiger partial charge on any atom is -0.493 e. The molecule has 0 aliphatic carbocycles. The van der Waals surface area contributed by atoms with Gasteiger partial charge in [0, 0.05) is 12.5 Å². The molecule has 2 rings (SSSR count). The second-order valence-corrected chi connectivity index (χ2v) is 4.34. The van der Waals surface area contributed by atoms with E-state index in [0.29, 0.717) is 18.8 Å². The van der Waals surface area contributed by atoms with Crippen LogP contribution in [0.3, 0.4) is 0 Å². The Morgan fingerprint density at radius 1 is 1.59 bits per heavy atom. The number of ketones is 1. The third-order valence-electron chi connectivity index (χ3n) is 2.41. The van der Waals surface area contributed by atoms with Crippen molar-refractivity contribution >= 4 is 14.0 Å². The van der Waals surface area contributed by atoms with E-state index in [4.69, 9.17) is 9.63 Å². The van der Waals surface area contributed by atoms with Crippen LogP contribution in [0, 0.1) is 5.82 Å². The number of rotatable bonds is 4. The molecule has 5 nitrogen and oxygen atoms in total. The monoisotopic (exact) mass is 260 g/mol. The molecular weight excluding hydrogens is 250 g/mol. The molecule has 1 N–H and O–H groups in total. The zero-order chi connectivity index (χ0) is 12.4. The van der Waals surface area contributed by atoms with Gasteiger partial charge in [0.1, 0.15) is 18.2 Å². The Balaban J connectivity index is 2.20. The summed E-state index contributed by atoms with van der Waals surface area (Å²) < 4.78 is 33.3. The van der Waals surface area contributed by atoms with Gasteiger partial charge in [-0.05, 0) is 11.6 Å². The maximum atomic E-state index is 13.5. The van der Waals surface area contributed by atoms with Crippen LogP contribution in [0.4, 0.5) is 4.39 Å². The number of carbonyl (C=O) groups is 1. The van der Waals surface area contributed by atoms with E-state index in [1.165, 1.54) is 6.07 Å². The van der Waals surface area contributed by atoms with Crippen LogP contribution in [0.15, 0.2) is 12.1 Å². The van der Waals surface area contributed by atoms with Crippen LogP contribution in [0.1, 0.15) is 15.9 Å². The number of fused-ring (bicyclic) bond motifs is 1. The molecule has 0 bridgehead atoms. The summed E-state index contributed by atoms with van der Waals surface area (Å²) >= 11 is 0. The number of carbonyl (C=O) groups excluding carboxylic acids is 1. The molecule has 1 aromatic carbocycles. The first-order valence-electron chi connectivity index (χ1n) is 4.92. The minimum atomic E-state index is -3.18. The highest BCUT2D eigenvalue weighted by Crippen LogP contribution is 2.28. The lowest BCUT2D eigenvalue weighted by Gasteiger charge is -2.05. The van der Waals surface area contributed by atoms with E-state index >= 15 is 0 Å². The summed E-state index contributed by atoms with van der Waals surface area (Å²) in [6.45, 7) is -0.141. The lowest BCUT2D eigenvalue weighted by molar-refractivity contribution is 0.0912. The maximum Gasteiger partial charge on any atom is 0.317 e. The lowest BCUT2D eigenvalue weighted by atomic mass is 10.1. The molecule has 92 valence electrons. The van der Waals surface area contributed by atoms with Crippen molar-refractivity contribution in [3.05, 3.63) is 29.1 Å². The molecule has 0 amide bonds. The van der Waals surface area contributed by atoms with E-state index in [1.54, 1.807) is 0 Å². The molecule has 0 radical (unpaired) electrons. The second-order valence-electron chi connectivity index (χ2n) is 3.52. The topological polar surface area (TPSA) is 72.8 Å². The van der Waals surface area contributed by atoms with Crippen LogP contribution in [0.2, 0.25) is 0 Å². The quantitative estimate of drug-likeness (QED) is 0.653. The molecule has 7 heteroatoms. The fourth-order valence-corrected chi connectivity index (χ4v) is 1.87. The molecule has 1 heterocycles. The number of hydrogen-bond donors (Lipinski definition) is 1. The molecule has 0 saturated carbocycles. The first-order chi connectivity index (χ1) is 8.08. The van der Waals surface area contributed by atoms with Crippen LogP contribution in [0.5, 0.6) is 5.75 Å². The molecule has 1 atom stereocenters. The third kappa shape index (κ3) is 2.72. The van der Waals surface area contributed by atoms with Crippen LogP contribution in [0.25, 0.3) is 0 Å². The van der Waals surface area contributed by atoms with Crippen molar-refractivity contribution in [3.63, 3.8) is 0 Å². The Morgan fingerprint density at radius 2 is 2.35 bits per heavy atom. The van der Waals surface area contributed by atoms with Gasteiger partial charge >= 0.3 is 8.25 Å². The number of Topliss-reactive ketones (excluding diaryl/α,β-unsaturated/α-hetero) is 1. The zero-order valence-electron chi connectivity index (χ0n) is 8.73. The third-order valence-corrected chi connectivity index (χ3v) is 2.80. The van der Waals surface area contributed by atoms with Crippen LogP contribution in [-0.4, -0.2) is 23.9 Å². The van der Waals surface area contributed by atoms with Gasteiger partial charge in [-0.15, -0.1) is 0 Å². The summed E-state index contributed by atoms with van der Waals surface area (Å²) in [4.78, 5) is 20.0. The second kappa shape index (κ2) is 4.96. The minimum absolute atomic E-state index is 0.141. The molecule has 1 aliphatic rings. The van der Waals surface area contributed by atoms with Gasteiger partial charge in [-0.3, -0.25) is 9.36 Å². The number of ether oxygens (including phenoxy) is 1. The van der Waals surface area contributed by atoms with E-state index in [0.717, 1.165) is 11.6 Å². The van der Waals surface area contributed by atoms with Gasteiger partial charge < -0.3 is 14.2 Å². The van der Waals surface area contributed by atoms with Gasteiger partial charge in [0.2, 0.25) is 0 Å². The highest BCUT2D eigenvalue weighted by Gasteiger charge is 2.20. The maximum absolute atomic E-state index is 13.5. The molecular formula is C10H10FO5P. The van der Waals surface area contributed by atoms with E-state index in [2.05, 4.69) is 4.52 Å². The van der Waals surface area contributed by atoms with Gasteiger partial charge in [0.25, 0.3) is 0 Å². The lowest BCUT2D eigenvalue weighted by Crippen LogP contribution is -2.09. The van der Waals surface area contributed by atoms with Crippen LogP contribution in [-0.2, 0) is 15.5 Å². The number of halogens is 1. The molecule has 0 aromatic heterocycles. The van der Waals surface area contributed by atoms with Gasteiger partial charge in [0.05, 0.1) is 12.2 Å². The Bertz CT molecular complexity index is 488. The summed E-state index contributed by atoms with van der Waals surface area (Å²) in [7, 11) is -3.18. The van der Waals surface area contributed by atoms with Gasteiger partial charge in [-0.2, -0.15) is 0 Å². The van der Waals surface area contributed by atoms with Gasteiger partial charge in [-0.1, -0.05) is 0 Å². The largest absolute Gasteiger partial charge is 0.493 e. The Labute approximate surface area is 97.1 Å². The molecule has 0 spiro atoms. The van der Waals surface area contributed by atoms with E-state index in [-0.39, 0.29) is 5.56 Å². The summed E-state index contributed by atoms with van der Waals surface area (Å²) in [6, 6.07) is 2.55. The standard InChI is InChI=1S/C10H10FO5P/c11-8-4-10-6(1-2-15-10)3-7(8)9(12)5-16-17(13)14/h3-4,17H,1-2,5H2,(H,13,14). The average molecular weight is 260 g/mol. The first-order valence-corrected chi connectivity index (χ1v) is 6.18. The Kier molecular flexibility index (Phi) is 3.57. The summed E-state index contributed by atoms with van der Waals surface area (Å²) in [5.41, 5.74) is 0.615. The van der Waals surface area contributed by atoms with Crippen LogP contribution < -0.4 is 4.74 Å². The van der Waals surface area contributed by atoms with Crippen molar-refractivity contribution in [2.75, 3.05) is 13.2 Å². The molecule has 0 fully saturated rings. The van der Waals surface area contributed by atoms with E-state index in [1.807, 2.05) is 0 Å². The van der Waals surface area contributed by atoms with Crippen molar-refractivity contribution in [1.82, 2.24) is 0 Å². The number of benzene rings is 1. The van der Waals surface area contributed by atoms with Crippen molar-refractivity contribution in [2.45, 2.75) is 6.42 Å². The van der Waals surface area contributed by atoms with Gasteiger partial charge in [-0.25, -0.2) is 4.39 Å². The first kappa shape index (κ1) is 12.2.